The zero-order chi connectivity index (χ0) is 15.6. The van der Waals surface area contributed by atoms with Crippen molar-refractivity contribution in [1.82, 2.24) is 10.2 Å². The van der Waals surface area contributed by atoms with E-state index in [4.69, 9.17) is 21.1 Å². The molecule has 0 bridgehead atoms. The van der Waals surface area contributed by atoms with Crippen molar-refractivity contribution in [3.8, 4) is 11.5 Å². The second-order valence-electron chi connectivity index (χ2n) is 5.72. The van der Waals surface area contributed by atoms with Crippen molar-refractivity contribution in [2.75, 3.05) is 33.9 Å². The van der Waals surface area contributed by atoms with E-state index in [1.807, 2.05) is 4.90 Å². The van der Waals surface area contributed by atoms with E-state index in [0.717, 1.165) is 6.54 Å². The molecule has 1 fully saturated rings. The van der Waals surface area contributed by atoms with E-state index in [2.05, 4.69) is 19.2 Å². The van der Waals surface area contributed by atoms with Crippen LogP contribution in [0.5, 0.6) is 11.5 Å². The van der Waals surface area contributed by atoms with Crippen molar-refractivity contribution in [1.29, 1.82) is 0 Å². The molecule has 116 valence electrons. The molecule has 0 spiro atoms. The maximum absolute atomic E-state index is 12.7. The monoisotopic (exact) mass is 312 g/mol. The lowest BCUT2D eigenvalue weighted by molar-refractivity contribution is 0.0652. The van der Waals surface area contributed by atoms with Gasteiger partial charge in [0.05, 0.1) is 24.8 Å². The van der Waals surface area contributed by atoms with Crippen LogP contribution < -0.4 is 14.8 Å². The third-order valence-corrected chi connectivity index (χ3v) is 3.87. The van der Waals surface area contributed by atoms with E-state index in [0.29, 0.717) is 35.2 Å². The number of rotatable bonds is 3. The number of methoxy groups -OCH3 is 2. The summed E-state index contributed by atoms with van der Waals surface area (Å²) in [5.74, 6) is 0.926. The molecule has 1 aliphatic heterocycles. The molecular formula is C15H21ClN2O3. The molecule has 1 N–H and O–H groups in total. The van der Waals surface area contributed by atoms with Crippen molar-refractivity contribution in [3.63, 3.8) is 0 Å². The molecule has 1 amide bonds. The number of carbonyl (C=O) groups is 1. The topological polar surface area (TPSA) is 50.8 Å². The minimum atomic E-state index is -0.100. The lowest BCUT2D eigenvalue weighted by Gasteiger charge is -2.39. The molecule has 2 rings (SSSR count). The minimum Gasteiger partial charge on any atom is -0.493 e. The highest BCUT2D eigenvalue weighted by Crippen LogP contribution is 2.33. The van der Waals surface area contributed by atoms with Gasteiger partial charge in [-0.2, -0.15) is 0 Å². The van der Waals surface area contributed by atoms with Crippen LogP contribution in [0.15, 0.2) is 12.1 Å². The predicted molar refractivity (Wildman–Crippen MR) is 82.5 cm³/mol. The second kappa shape index (κ2) is 6.12. The molecule has 0 saturated carbocycles. The normalized spacial score (nSPS) is 17.5. The molecule has 0 radical (unpaired) electrons. The number of piperazine rings is 1. The Labute approximate surface area is 130 Å². The molecule has 0 aliphatic carbocycles. The summed E-state index contributed by atoms with van der Waals surface area (Å²) in [7, 11) is 3.07. The van der Waals surface area contributed by atoms with E-state index in [1.165, 1.54) is 14.2 Å². The summed E-state index contributed by atoms with van der Waals surface area (Å²) in [4.78, 5) is 14.5. The molecule has 0 atom stereocenters. The smallest absolute Gasteiger partial charge is 0.255 e. The molecular weight excluding hydrogens is 292 g/mol. The predicted octanol–water partition coefficient (Wildman–Crippen LogP) is 2.18. The Morgan fingerprint density at radius 2 is 1.90 bits per heavy atom. The Bertz CT molecular complexity index is 546. The fraction of sp³-hybridized carbons (Fsp3) is 0.533. The van der Waals surface area contributed by atoms with Crippen LogP contribution in [0.25, 0.3) is 0 Å². The van der Waals surface area contributed by atoms with Crippen molar-refractivity contribution in [2.24, 2.45) is 0 Å². The van der Waals surface area contributed by atoms with Crippen LogP contribution in [0.1, 0.15) is 24.2 Å². The molecule has 6 heteroatoms. The Morgan fingerprint density at radius 3 is 2.48 bits per heavy atom. The molecule has 21 heavy (non-hydrogen) atoms. The first-order valence-corrected chi connectivity index (χ1v) is 7.21. The minimum absolute atomic E-state index is 0.0875. The molecule has 0 unspecified atom stereocenters. The standard InChI is InChI=1S/C15H21ClN2O3/c1-15(2)9-18(6-5-17-15)14(19)10-7-12(20-3)13(21-4)8-11(10)16/h7-8,17H,5-6,9H2,1-4H3. The lowest BCUT2D eigenvalue weighted by atomic mass is 10.0. The van der Waals surface area contributed by atoms with E-state index >= 15 is 0 Å². The van der Waals surface area contributed by atoms with Gasteiger partial charge in [0, 0.05) is 31.2 Å². The average Bonchev–Trinajstić information content (AvgIpc) is 2.45. The number of benzene rings is 1. The quantitative estimate of drug-likeness (QED) is 0.929. The molecule has 1 heterocycles. The van der Waals surface area contributed by atoms with Gasteiger partial charge in [0.2, 0.25) is 0 Å². The number of nitrogens with zero attached hydrogens (tertiary/aromatic N) is 1. The van der Waals surface area contributed by atoms with Gasteiger partial charge in [-0.25, -0.2) is 0 Å². The number of ether oxygens (including phenoxy) is 2. The Morgan fingerprint density at radius 1 is 1.29 bits per heavy atom. The maximum atomic E-state index is 12.7. The van der Waals surface area contributed by atoms with Crippen molar-refractivity contribution in [3.05, 3.63) is 22.7 Å². The van der Waals surface area contributed by atoms with Gasteiger partial charge in [-0.3, -0.25) is 4.79 Å². The highest BCUT2D eigenvalue weighted by molar-refractivity contribution is 6.34. The van der Waals surface area contributed by atoms with Crippen LogP contribution in [0.3, 0.4) is 0 Å². The van der Waals surface area contributed by atoms with Crippen molar-refractivity contribution < 1.29 is 14.3 Å². The summed E-state index contributed by atoms with van der Waals surface area (Å²) in [6, 6.07) is 3.25. The van der Waals surface area contributed by atoms with Crippen LogP contribution in [0.4, 0.5) is 0 Å². The summed E-state index contributed by atoms with van der Waals surface area (Å²) >= 11 is 6.22. The van der Waals surface area contributed by atoms with Crippen LogP contribution in [0.2, 0.25) is 5.02 Å². The number of hydrogen-bond donors (Lipinski definition) is 1. The fourth-order valence-corrected chi connectivity index (χ4v) is 2.74. The highest BCUT2D eigenvalue weighted by Gasteiger charge is 2.30. The van der Waals surface area contributed by atoms with Gasteiger partial charge < -0.3 is 19.7 Å². The summed E-state index contributed by atoms with van der Waals surface area (Å²) in [5, 5.41) is 3.75. The van der Waals surface area contributed by atoms with E-state index in [1.54, 1.807) is 12.1 Å². The van der Waals surface area contributed by atoms with Crippen molar-refractivity contribution >= 4 is 17.5 Å². The van der Waals surface area contributed by atoms with Crippen LogP contribution in [-0.2, 0) is 0 Å². The van der Waals surface area contributed by atoms with Crippen molar-refractivity contribution in [2.45, 2.75) is 19.4 Å². The first-order chi connectivity index (χ1) is 9.88. The fourth-order valence-electron chi connectivity index (χ4n) is 2.50. The molecule has 1 aromatic rings. The largest absolute Gasteiger partial charge is 0.493 e. The van der Waals surface area contributed by atoms with Gasteiger partial charge in [0.15, 0.2) is 11.5 Å². The van der Waals surface area contributed by atoms with E-state index in [-0.39, 0.29) is 11.4 Å². The third-order valence-electron chi connectivity index (χ3n) is 3.56. The second-order valence-corrected chi connectivity index (χ2v) is 6.13. The zero-order valence-electron chi connectivity index (χ0n) is 12.8. The van der Waals surface area contributed by atoms with Gasteiger partial charge in [-0.1, -0.05) is 11.6 Å². The number of carbonyl (C=O) groups excluding carboxylic acids is 1. The summed E-state index contributed by atoms with van der Waals surface area (Å²) in [6.45, 7) is 6.21. The Hall–Kier alpha value is -1.46. The van der Waals surface area contributed by atoms with Gasteiger partial charge >= 0.3 is 0 Å². The van der Waals surface area contributed by atoms with Gasteiger partial charge in [0.25, 0.3) is 5.91 Å². The SMILES string of the molecule is COc1cc(Cl)c(C(=O)N2CCNC(C)(C)C2)cc1OC. The summed E-state index contributed by atoms with van der Waals surface area (Å²) in [6.07, 6.45) is 0. The third kappa shape index (κ3) is 3.41. The number of amides is 1. The van der Waals surface area contributed by atoms with Crippen LogP contribution in [0, 0.1) is 0 Å². The van der Waals surface area contributed by atoms with Crippen LogP contribution >= 0.6 is 11.6 Å². The lowest BCUT2D eigenvalue weighted by Crippen LogP contribution is -2.58. The Balaban J connectivity index is 2.30. The van der Waals surface area contributed by atoms with E-state index in [9.17, 15) is 4.79 Å². The van der Waals surface area contributed by atoms with Gasteiger partial charge in [0.1, 0.15) is 0 Å². The molecule has 1 aliphatic rings. The molecule has 0 aromatic heterocycles. The number of halogens is 1. The van der Waals surface area contributed by atoms with E-state index < -0.39 is 0 Å². The first-order valence-electron chi connectivity index (χ1n) is 6.84. The molecule has 1 saturated heterocycles. The number of nitrogens with one attached hydrogen (secondary N) is 1. The zero-order valence-corrected chi connectivity index (χ0v) is 13.6. The first kappa shape index (κ1) is 15.9. The average molecular weight is 313 g/mol. The summed E-state index contributed by atoms with van der Waals surface area (Å²) in [5.41, 5.74) is 0.337. The number of hydrogen-bond acceptors (Lipinski definition) is 4. The molecule has 5 nitrogen and oxygen atoms in total. The molecule has 1 aromatic carbocycles. The van der Waals surface area contributed by atoms with Gasteiger partial charge in [-0.05, 0) is 19.9 Å². The van der Waals surface area contributed by atoms with Gasteiger partial charge in [-0.15, -0.1) is 0 Å². The maximum Gasteiger partial charge on any atom is 0.255 e. The van der Waals surface area contributed by atoms with Crippen LogP contribution in [-0.4, -0.2) is 50.2 Å². The Kier molecular flexibility index (Phi) is 4.64. The summed E-state index contributed by atoms with van der Waals surface area (Å²) < 4.78 is 10.4. The highest BCUT2D eigenvalue weighted by atomic mass is 35.5.